The van der Waals surface area contributed by atoms with Crippen molar-refractivity contribution in [1.29, 1.82) is 0 Å². The highest BCUT2D eigenvalue weighted by molar-refractivity contribution is 5.69. The van der Waals surface area contributed by atoms with Gasteiger partial charge < -0.3 is 10.0 Å². The van der Waals surface area contributed by atoms with E-state index in [1.54, 1.807) is 0 Å². The number of halogens is 3. The predicted molar refractivity (Wildman–Crippen MR) is 86.3 cm³/mol. The van der Waals surface area contributed by atoms with Crippen LogP contribution in [0.4, 0.5) is 13.2 Å². The first kappa shape index (κ1) is 17.5. The zero-order chi connectivity index (χ0) is 18.0. The Balaban J connectivity index is 1.87. The molecule has 0 radical (unpaired) electrons. The quantitative estimate of drug-likeness (QED) is 0.918. The molecular weight excluding hydrogens is 335 g/mol. The first-order chi connectivity index (χ1) is 11.9. The van der Waals surface area contributed by atoms with E-state index in [1.165, 1.54) is 17.1 Å². The molecule has 1 fully saturated rings. The number of hydrogen-bond donors (Lipinski definition) is 1. The third-order valence-electron chi connectivity index (χ3n) is 4.37. The highest BCUT2D eigenvalue weighted by atomic mass is 19.4. The summed E-state index contributed by atoms with van der Waals surface area (Å²) in [5.41, 5.74) is -1.23. The topological polar surface area (TPSA) is 58.4 Å². The van der Waals surface area contributed by atoms with Gasteiger partial charge in [-0.1, -0.05) is 0 Å². The second-order valence-electron chi connectivity index (χ2n) is 6.08. The zero-order valence-corrected chi connectivity index (χ0v) is 13.5. The van der Waals surface area contributed by atoms with Crippen LogP contribution in [0.25, 0.3) is 11.1 Å². The molecule has 2 aromatic rings. The summed E-state index contributed by atoms with van der Waals surface area (Å²) in [5, 5.41) is 9.94. The fraction of sp³-hybridized carbons (Fsp3) is 0.412. The summed E-state index contributed by atoms with van der Waals surface area (Å²) in [6.45, 7) is 3.16. The molecule has 0 aliphatic carbocycles. The standard InChI is InChI=1S/C17H18F3N3O2/c18-17(19,20)12-3-4-13(15(24)9-12)14-10-21-11-23(16(14)25)8-7-22-5-1-2-6-22/h3-4,9-11,24H,1-2,5-8H2. The minimum absolute atomic E-state index is 0.0426. The van der Waals surface area contributed by atoms with Crippen LogP contribution in [-0.2, 0) is 12.7 Å². The van der Waals surface area contributed by atoms with Crippen molar-refractivity contribution in [3.63, 3.8) is 0 Å². The normalized spacial score (nSPS) is 15.6. The molecule has 0 atom stereocenters. The van der Waals surface area contributed by atoms with Gasteiger partial charge in [0.25, 0.3) is 5.56 Å². The van der Waals surface area contributed by atoms with E-state index in [0.717, 1.165) is 38.1 Å². The van der Waals surface area contributed by atoms with Crippen molar-refractivity contribution in [3.8, 4) is 16.9 Å². The van der Waals surface area contributed by atoms with E-state index >= 15 is 0 Å². The highest BCUT2D eigenvalue weighted by Crippen LogP contribution is 2.35. The van der Waals surface area contributed by atoms with Crippen LogP contribution in [0.1, 0.15) is 18.4 Å². The summed E-state index contributed by atoms with van der Waals surface area (Å²) < 4.78 is 39.5. The number of hydrogen-bond acceptors (Lipinski definition) is 4. The van der Waals surface area contributed by atoms with Gasteiger partial charge in [-0.3, -0.25) is 9.36 Å². The van der Waals surface area contributed by atoms with Crippen molar-refractivity contribution in [2.45, 2.75) is 25.6 Å². The second-order valence-corrected chi connectivity index (χ2v) is 6.08. The molecule has 0 spiro atoms. The summed E-state index contributed by atoms with van der Waals surface area (Å²) in [4.78, 5) is 18.8. The Labute approximate surface area is 142 Å². The molecule has 0 saturated carbocycles. The fourth-order valence-electron chi connectivity index (χ4n) is 2.99. The molecule has 1 aromatic carbocycles. The molecule has 2 heterocycles. The van der Waals surface area contributed by atoms with Crippen molar-refractivity contribution in [2.75, 3.05) is 19.6 Å². The summed E-state index contributed by atoms with van der Waals surface area (Å²) in [6, 6.07) is 2.56. The molecule has 0 amide bonds. The molecule has 0 unspecified atom stereocenters. The van der Waals surface area contributed by atoms with Gasteiger partial charge in [-0.25, -0.2) is 4.98 Å². The summed E-state index contributed by atoms with van der Waals surface area (Å²) >= 11 is 0. The number of benzene rings is 1. The van der Waals surface area contributed by atoms with Gasteiger partial charge in [-0.2, -0.15) is 13.2 Å². The van der Waals surface area contributed by atoms with Crippen molar-refractivity contribution in [1.82, 2.24) is 14.5 Å². The molecule has 1 aliphatic heterocycles. The minimum atomic E-state index is -4.55. The monoisotopic (exact) mass is 353 g/mol. The number of aromatic hydroxyl groups is 1. The van der Waals surface area contributed by atoms with Crippen LogP contribution < -0.4 is 5.56 Å². The van der Waals surface area contributed by atoms with Crippen LogP contribution in [-0.4, -0.2) is 39.2 Å². The lowest BCUT2D eigenvalue weighted by Crippen LogP contribution is -2.29. The lowest BCUT2D eigenvalue weighted by Gasteiger charge is -2.15. The molecular formula is C17H18F3N3O2. The third kappa shape index (κ3) is 3.84. The van der Waals surface area contributed by atoms with E-state index in [0.29, 0.717) is 19.2 Å². The van der Waals surface area contributed by atoms with Gasteiger partial charge in [-0.05, 0) is 44.1 Å². The van der Waals surface area contributed by atoms with Gasteiger partial charge >= 0.3 is 6.18 Å². The molecule has 1 aromatic heterocycles. The average Bonchev–Trinajstić information content (AvgIpc) is 3.07. The Morgan fingerprint density at radius 2 is 1.84 bits per heavy atom. The van der Waals surface area contributed by atoms with Crippen molar-refractivity contribution in [2.24, 2.45) is 0 Å². The molecule has 1 aliphatic rings. The largest absolute Gasteiger partial charge is 0.507 e. The fourth-order valence-corrected chi connectivity index (χ4v) is 2.99. The highest BCUT2D eigenvalue weighted by Gasteiger charge is 2.31. The number of alkyl halides is 3. The van der Waals surface area contributed by atoms with Crippen molar-refractivity contribution >= 4 is 0 Å². The smallest absolute Gasteiger partial charge is 0.416 e. The number of aromatic nitrogens is 2. The van der Waals surface area contributed by atoms with E-state index in [9.17, 15) is 23.1 Å². The van der Waals surface area contributed by atoms with Crippen LogP contribution in [0.15, 0.2) is 35.5 Å². The zero-order valence-electron chi connectivity index (χ0n) is 13.5. The molecule has 1 N–H and O–H groups in total. The molecule has 134 valence electrons. The van der Waals surface area contributed by atoms with Crippen molar-refractivity contribution < 1.29 is 18.3 Å². The molecule has 8 heteroatoms. The maximum absolute atomic E-state index is 12.7. The summed E-state index contributed by atoms with van der Waals surface area (Å²) in [6.07, 6.45) is 0.403. The molecule has 1 saturated heterocycles. The lowest BCUT2D eigenvalue weighted by atomic mass is 10.0. The SMILES string of the molecule is O=c1c(-c2ccc(C(F)(F)F)cc2O)cncn1CCN1CCCC1. The number of phenolic OH excluding ortho intramolecular Hbond substituents is 1. The predicted octanol–water partition coefficient (Wildman–Crippen LogP) is 2.73. The second kappa shape index (κ2) is 6.87. The van der Waals surface area contributed by atoms with Gasteiger partial charge in [0.2, 0.25) is 0 Å². The Kier molecular flexibility index (Phi) is 4.80. The molecule has 5 nitrogen and oxygen atoms in total. The Morgan fingerprint density at radius 1 is 1.12 bits per heavy atom. The van der Waals surface area contributed by atoms with Gasteiger partial charge in [0, 0.05) is 24.8 Å². The lowest BCUT2D eigenvalue weighted by molar-refractivity contribution is -0.137. The summed E-state index contributed by atoms with van der Waals surface area (Å²) in [5.74, 6) is -0.592. The van der Waals surface area contributed by atoms with Gasteiger partial charge in [0.15, 0.2) is 0 Å². The van der Waals surface area contributed by atoms with E-state index in [1.807, 2.05) is 0 Å². The Bertz CT molecular complexity index is 812. The van der Waals surface area contributed by atoms with E-state index in [2.05, 4.69) is 9.88 Å². The average molecular weight is 353 g/mol. The molecule has 0 bridgehead atoms. The number of likely N-dealkylation sites (tertiary alicyclic amines) is 1. The van der Waals surface area contributed by atoms with Gasteiger partial charge in [-0.15, -0.1) is 0 Å². The maximum Gasteiger partial charge on any atom is 0.416 e. The Hall–Kier alpha value is -2.35. The minimum Gasteiger partial charge on any atom is -0.507 e. The Morgan fingerprint density at radius 3 is 2.48 bits per heavy atom. The van der Waals surface area contributed by atoms with Crippen LogP contribution in [0.2, 0.25) is 0 Å². The van der Waals surface area contributed by atoms with Gasteiger partial charge in [0.05, 0.1) is 17.5 Å². The van der Waals surface area contributed by atoms with E-state index in [4.69, 9.17) is 0 Å². The van der Waals surface area contributed by atoms with Crippen LogP contribution in [0.3, 0.4) is 0 Å². The maximum atomic E-state index is 12.7. The number of nitrogens with zero attached hydrogens (tertiary/aromatic N) is 3. The molecule has 3 rings (SSSR count). The first-order valence-electron chi connectivity index (χ1n) is 8.03. The number of rotatable bonds is 4. The van der Waals surface area contributed by atoms with Crippen LogP contribution >= 0.6 is 0 Å². The first-order valence-corrected chi connectivity index (χ1v) is 8.03. The van der Waals surface area contributed by atoms with Crippen molar-refractivity contribution in [3.05, 3.63) is 46.6 Å². The molecule has 25 heavy (non-hydrogen) atoms. The van der Waals surface area contributed by atoms with E-state index < -0.39 is 17.5 Å². The number of phenols is 1. The third-order valence-corrected chi connectivity index (χ3v) is 4.37. The van der Waals surface area contributed by atoms with Crippen LogP contribution in [0.5, 0.6) is 5.75 Å². The van der Waals surface area contributed by atoms with Gasteiger partial charge in [0.1, 0.15) is 5.75 Å². The summed E-state index contributed by atoms with van der Waals surface area (Å²) in [7, 11) is 0. The van der Waals surface area contributed by atoms with E-state index in [-0.39, 0.29) is 16.7 Å². The van der Waals surface area contributed by atoms with Crippen LogP contribution in [0, 0.1) is 0 Å².